The van der Waals surface area contributed by atoms with Gasteiger partial charge in [-0.1, -0.05) is 42.1 Å². The number of halogens is 2. The fourth-order valence-electron chi connectivity index (χ4n) is 3.61. The fourth-order valence-corrected chi connectivity index (χ4v) is 5.71. The van der Waals surface area contributed by atoms with Crippen LogP contribution in [0.5, 0.6) is 5.75 Å². The molecule has 6 nitrogen and oxygen atoms in total. The highest BCUT2D eigenvalue weighted by molar-refractivity contribution is 7.16. The molecule has 0 aliphatic heterocycles. The normalized spacial score (nSPS) is 14.5. The Labute approximate surface area is 209 Å². The van der Waals surface area contributed by atoms with Crippen molar-refractivity contribution in [2.75, 3.05) is 0 Å². The molecule has 1 aliphatic rings. The fraction of sp³-hybridized carbons (Fsp3) is 0.261. The Bertz CT molecular complexity index is 1230. The van der Waals surface area contributed by atoms with Crippen LogP contribution in [0.3, 0.4) is 0 Å². The molecular weight excluding hydrogens is 501 g/mol. The minimum absolute atomic E-state index is 0.0517. The molecule has 172 valence electrons. The van der Waals surface area contributed by atoms with Crippen molar-refractivity contribution in [2.45, 2.75) is 38.6 Å². The molecule has 2 heterocycles. The lowest BCUT2D eigenvalue weighted by atomic mass is 10.1. The van der Waals surface area contributed by atoms with Gasteiger partial charge in [-0.2, -0.15) is 5.10 Å². The van der Waals surface area contributed by atoms with Crippen LogP contribution < -0.4 is 10.7 Å². The molecule has 1 saturated carbocycles. The van der Waals surface area contributed by atoms with Gasteiger partial charge < -0.3 is 10.4 Å². The lowest BCUT2D eigenvalue weighted by Crippen LogP contribution is -2.31. The number of carbonyl (C=O) groups excluding carboxylic acids is 2. The number of thiophene rings is 2. The summed E-state index contributed by atoms with van der Waals surface area (Å²) in [5.41, 5.74) is 4.18. The molecule has 0 bridgehead atoms. The summed E-state index contributed by atoms with van der Waals surface area (Å²) < 4.78 is 0. The Morgan fingerprint density at radius 3 is 2.45 bits per heavy atom. The zero-order chi connectivity index (χ0) is 23.5. The Morgan fingerprint density at radius 2 is 1.76 bits per heavy atom. The van der Waals surface area contributed by atoms with E-state index in [0.29, 0.717) is 36.0 Å². The van der Waals surface area contributed by atoms with Gasteiger partial charge in [-0.05, 0) is 49.6 Å². The molecule has 1 aromatic carbocycles. The van der Waals surface area contributed by atoms with Gasteiger partial charge in [0.05, 0.1) is 36.0 Å². The number of nitrogens with one attached hydrogen (secondary N) is 2. The van der Waals surface area contributed by atoms with Gasteiger partial charge in [-0.15, -0.1) is 22.7 Å². The van der Waals surface area contributed by atoms with Gasteiger partial charge in [0.2, 0.25) is 0 Å². The third-order valence-electron chi connectivity index (χ3n) is 5.41. The molecule has 3 aromatic rings. The van der Waals surface area contributed by atoms with E-state index >= 15 is 0 Å². The highest BCUT2D eigenvalue weighted by atomic mass is 35.5. The molecule has 0 atom stereocenters. The molecule has 1 aliphatic carbocycles. The standard InChI is InChI=1S/C23H21Cl2N3O3S2/c1-12(15-11-32-21(20(15)29)13-6-7-16(24)17(25)10-13)27-28-23(31)19-9-8-18(33-19)22(30)26-14-4-2-3-5-14/h6-11,14,29H,2-5H2,1H3,(H,26,30)(H,28,31). The summed E-state index contributed by atoms with van der Waals surface area (Å²) in [7, 11) is 0. The number of carbonyl (C=O) groups is 2. The van der Waals surface area contributed by atoms with Crippen LogP contribution in [0.25, 0.3) is 10.4 Å². The van der Waals surface area contributed by atoms with Crippen LogP contribution in [0.15, 0.2) is 40.8 Å². The van der Waals surface area contributed by atoms with E-state index in [4.69, 9.17) is 23.2 Å². The Morgan fingerprint density at radius 1 is 1.06 bits per heavy atom. The van der Waals surface area contributed by atoms with E-state index in [0.717, 1.165) is 42.6 Å². The van der Waals surface area contributed by atoms with Gasteiger partial charge in [0.15, 0.2) is 0 Å². The topological polar surface area (TPSA) is 90.8 Å². The van der Waals surface area contributed by atoms with Gasteiger partial charge in [0.1, 0.15) is 5.75 Å². The molecule has 1 fully saturated rings. The zero-order valence-electron chi connectivity index (χ0n) is 17.7. The van der Waals surface area contributed by atoms with Crippen LogP contribution >= 0.6 is 45.9 Å². The second-order valence-corrected chi connectivity index (χ2v) is 10.5. The van der Waals surface area contributed by atoms with E-state index in [1.54, 1.807) is 42.6 Å². The molecule has 3 N–H and O–H groups in total. The second kappa shape index (κ2) is 10.3. The van der Waals surface area contributed by atoms with Crippen LogP contribution in [0.1, 0.15) is 57.5 Å². The van der Waals surface area contributed by atoms with E-state index < -0.39 is 5.91 Å². The van der Waals surface area contributed by atoms with Crippen LogP contribution in [0.4, 0.5) is 0 Å². The average Bonchev–Trinajstić information content (AvgIpc) is 3.55. The Kier molecular flexibility index (Phi) is 7.38. The van der Waals surface area contributed by atoms with E-state index in [2.05, 4.69) is 15.8 Å². The molecule has 0 radical (unpaired) electrons. The first kappa shape index (κ1) is 23.8. The smallest absolute Gasteiger partial charge is 0.281 e. The zero-order valence-corrected chi connectivity index (χ0v) is 20.8. The summed E-state index contributed by atoms with van der Waals surface area (Å²) in [5, 5.41) is 20.4. The van der Waals surface area contributed by atoms with Crippen molar-refractivity contribution in [3.05, 3.63) is 61.1 Å². The number of nitrogens with zero attached hydrogens (tertiary/aromatic N) is 1. The number of amides is 2. The van der Waals surface area contributed by atoms with Crippen molar-refractivity contribution in [1.82, 2.24) is 10.7 Å². The molecule has 0 saturated heterocycles. The van der Waals surface area contributed by atoms with Gasteiger partial charge in [0, 0.05) is 11.4 Å². The Hall–Kier alpha value is -2.39. The molecule has 0 unspecified atom stereocenters. The number of aromatic hydroxyl groups is 1. The van der Waals surface area contributed by atoms with Crippen LogP contribution in [-0.4, -0.2) is 28.7 Å². The van der Waals surface area contributed by atoms with Gasteiger partial charge in [-0.25, -0.2) is 5.43 Å². The van der Waals surface area contributed by atoms with Crippen molar-refractivity contribution in [2.24, 2.45) is 5.10 Å². The highest BCUT2D eigenvalue weighted by Crippen LogP contribution is 2.40. The van der Waals surface area contributed by atoms with Crippen LogP contribution in [-0.2, 0) is 0 Å². The van der Waals surface area contributed by atoms with Crippen molar-refractivity contribution < 1.29 is 14.7 Å². The summed E-state index contributed by atoms with van der Waals surface area (Å²) in [4.78, 5) is 26.4. The summed E-state index contributed by atoms with van der Waals surface area (Å²) in [5.74, 6) is -0.516. The number of hydrazone groups is 1. The summed E-state index contributed by atoms with van der Waals surface area (Å²) in [6.07, 6.45) is 4.27. The van der Waals surface area contributed by atoms with Gasteiger partial charge in [-0.3, -0.25) is 9.59 Å². The SMILES string of the molecule is CC(=NNC(=O)c1ccc(C(=O)NC2CCCC2)s1)c1csc(-c2ccc(Cl)c(Cl)c2)c1O. The molecule has 2 amide bonds. The van der Waals surface area contributed by atoms with E-state index in [-0.39, 0.29) is 17.7 Å². The van der Waals surface area contributed by atoms with Gasteiger partial charge >= 0.3 is 0 Å². The third-order valence-corrected chi connectivity index (χ3v) is 8.25. The average molecular weight is 522 g/mol. The number of rotatable bonds is 6. The molecular formula is C23H21Cl2N3O3S2. The van der Waals surface area contributed by atoms with Crippen LogP contribution in [0, 0.1) is 0 Å². The van der Waals surface area contributed by atoms with E-state index in [1.165, 1.54) is 11.3 Å². The van der Waals surface area contributed by atoms with Crippen molar-refractivity contribution >= 4 is 63.4 Å². The summed E-state index contributed by atoms with van der Waals surface area (Å²) in [6.45, 7) is 1.69. The summed E-state index contributed by atoms with van der Waals surface area (Å²) >= 11 is 14.5. The van der Waals surface area contributed by atoms with Crippen molar-refractivity contribution in [3.63, 3.8) is 0 Å². The van der Waals surface area contributed by atoms with Crippen molar-refractivity contribution in [3.8, 4) is 16.2 Å². The van der Waals surface area contributed by atoms with Crippen molar-refractivity contribution in [1.29, 1.82) is 0 Å². The maximum atomic E-state index is 12.5. The molecule has 10 heteroatoms. The highest BCUT2D eigenvalue weighted by Gasteiger charge is 2.20. The molecule has 4 rings (SSSR count). The van der Waals surface area contributed by atoms with Crippen LogP contribution in [0.2, 0.25) is 10.0 Å². The first-order chi connectivity index (χ1) is 15.8. The van der Waals surface area contributed by atoms with E-state index in [1.807, 2.05) is 0 Å². The molecule has 33 heavy (non-hydrogen) atoms. The summed E-state index contributed by atoms with van der Waals surface area (Å²) in [6, 6.07) is 8.60. The predicted octanol–water partition coefficient (Wildman–Crippen LogP) is 6.32. The van der Waals surface area contributed by atoms with E-state index in [9.17, 15) is 14.7 Å². The number of hydrogen-bond acceptors (Lipinski definition) is 6. The van der Waals surface area contributed by atoms with Gasteiger partial charge in [0.25, 0.3) is 11.8 Å². The monoisotopic (exact) mass is 521 g/mol. The maximum absolute atomic E-state index is 12.5. The minimum Gasteiger partial charge on any atom is -0.506 e. The quantitative estimate of drug-likeness (QED) is 0.262. The number of benzene rings is 1. The number of hydrogen-bond donors (Lipinski definition) is 3. The molecule has 0 spiro atoms. The first-order valence-electron chi connectivity index (χ1n) is 10.3. The lowest BCUT2D eigenvalue weighted by Gasteiger charge is -2.10. The second-order valence-electron chi connectivity index (χ2n) is 7.71. The Balaban J connectivity index is 1.42. The largest absolute Gasteiger partial charge is 0.506 e. The third kappa shape index (κ3) is 5.41. The molecule has 2 aromatic heterocycles. The minimum atomic E-state index is -0.418. The lowest BCUT2D eigenvalue weighted by molar-refractivity contribution is 0.0939. The maximum Gasteiger partial charge on any atom is 0.281 e. The first-order valence-corrected chi connectivity index (χ1v) is 12.8. The predicted molar refractivity (Wildman–Crippen MR) is 135 cm³/mol.